The average molecular weight is 612 g/mol. The Labute approximate surface area is 249 Å². The molecular weight excluding hydrogens is 584 g/mol. The summed E-state index contributed by atoms with van der Waals surface area (Å²) in [4.78, 5) is 16.1. The largest absolute Gasteiger partial charge is 0.472 e. The maximum Gasteiger partial charge on any atom is 0.320 e. The van der Waals surface area contributed by atoms with Crippen LogP contribution in [0.3, 0.4) is 0 Å². The van der Waals surface area contributed by atoms with Crippen molar-refractivity contribution < 1.29 is 18.3 Å². The zero-order chi connectivity index (χ0) is 29.2. The first-order chi connectivity index (χ1) is 20.3. The van der Waals surface area contributed by atoms with Crippen LogP contribution in [0.5, 0.6) is 11.9 Å². The summed E-state index contributed by atoms with van der Waals surface area (Å²) in [6, 6.07) is 5.10. The third-order valence-corrected chi connectivity index (χ3v) is 10.1. The van der Waals surface area contributed by atoms with Crippen LogP contribution in [0, 0.1) is 17.1 Å². The molecule has 6 heterocycles. The van der Waals surface area contributed by atoms with E-state index in [0.717, 1.165) is 43.7 Å². The number of nitriles is 1. The van der Waals surface area contributed by atoms with Gasteiger partial charge in [0.2, 0.25) is 5.88 Å². The van der Waals surface area contributed by atoms with Crippen LogP contribution in [0.2, 0.25) is 5.02 Å². The minimum Gasteiger partial charge on any atom is -0.472 e. The first kappa shape index (κ1) is 27.5. The van der Waals surface area contributed by atoms with Crippen molar-refractivity contribution in [2.75, 3.05) is 32.0 Å². The topological polar surface area (TPSA) is 122 Å². The van der Waals surface area contributed by atoms with Crippen LogP contribution < -0.4 is 20.5 Å². The lowest BCUT2D eigenvalue weighted by Gasteiger charge is -2.30. The second-order valence-electron chi connectivity index (χ2n) is 11.3. The summed E-state index contributed by atoms with van der Waals surface area (Å²) < 4.78 is 41.9. The summed E-state index contributed by atoms with van der Waals surface area (Å²) in [6.07, 6.45) is 3.58. The van der Waals surface area contributed by atoms with E-state index in [2.05, 4.69) is 31.2 Å². The van der Waals surface area contributed by atoms with Gasteiger partial charge in [-0.1, -0.05) is 11.6 Å². The molecule has 0 amide bonds. The molecule has 3 N–H and O–H groups in total. The van der Waals surface area contributed by atoms with Crippen molar-refractivity contribution in [3.8, 4) is 29.2 Å². The normalized spacial score (nSPS) is 25.7. The lowest BCUT2D eigenvalue weighted by atomic mass is 9.95. The van der Waals surface area contributed by atoms with E-state index in [0.29, 0.717) is 40.5 Å². The van der Waals surface area contributed by atoms with E-state index >= 15 is 0 Å². The quantitative estimate of drug-likeness (QED) is 0.301. The number of ether oxygens (including phenoxy) is 2. The molecule has 0 unspecified atom stereocenters. The molecule has 3 aromatic heterocycles. The monoisotopic (exact) mass is 611 g/mol. The smallest absolute Gasteiger partial charge is 0.320 e. The minimum atomic E-state index is -0.887. The number of hydrogen-bond donors (Lipinski definition) is 2. The summed E-state index contributed by atoms with van der Waals surface area (Å²) in [5, 5.41) is 14.4. The third kappa shape index (κ3) is 4.41. The highest BCUT2D eigenvalue weighted by Crippen LogP contribution is 2.44. The van der Waals surface area contributed by atoms with Crippen molar-refractivity contribution in [2.24, 2.45) is 0 Å². The number of nitrogens with one attached hydrogen (secondary N) is 1. The van der Waals surface area contributed by atoms with Crippen LogP contribution in [0.1, 0.15) is 38.2 Å². The molecule has 4 aromatic rings. The van der Waals surface area contributed by atoms with Crippen molar-refractivity contribution >= 4 is 48.9 Å². The number of nitrogens with two attached hydrogens (primary N) is 1. The Morgan fingerprint density at radius 2 is 2.21 bits per heavy atom. The molecule has 7 rings (SSSR count). The summed E-state index contributed by atoms with van der Waals surface area (Å²) in [5.41, 5.74) is 6.95. The number of nitrogen functional groups attached to an aromatic ring is 1. The lowest BCUT2D eigenvalue weighted by Crippen LogP contribution is -2.43. The van der Waals surface area contributed by atoms with Crippen molar-refractivity contribution in [2.45, 2.75) is 56.5 Å². The van der Waals surface area contributed by atoms with Gasteiger partial charge in [-0.25, -0.2) is 8.78 Å². The highest BCUT2D eigenvalue weighted by Gasteiger charge is 2.49. The molecule has 3 aliphatic heterocycles. The highest BCUT2D eigenvalue weighted by atomic mass is 35.5. The number of aromatic nitrogens is 3. The Morgan fingerprint density at radius 1 is 1.36 bits per heavy atom. The van der Waals surface area contributed by atoms with Gasteiger partial charge in [0, 0.05) is 36.2 Å². The number of alkyl halides is 1. The molecule has 3 fully saturated rings. The zero-order valence-electron chi connectivity index (χ0n) is 22.8. The number of rotatable bonds is 6. The Balaban J connectivity index is 1.34. The molecule has 0 spiro atoms. The van der Waals surface area contributed by atoms with Crippen LogP contribution in [-0.4, -0.2) is 69.9 Å². The summed E-state index contributed by atoms with van der Waals surface area (Å²) in [7, 11) is 0. The molecule has 4 atom stereocenters. The van der Waals surface area contributed by atoms with Gasteiger partial charge in [-0.05, 0) is 51.4 Å². The first-order valence-electron chi connectivity index (χ1n) is 14.0. The van der Waals surface area contributed by atoms with Crippen molar-refractivity contribution in [1.29, 1.82) is 5.26 Å². The van der Waals surface area contributed by atoms with Gasteiger partial charge >= 0.3 is 6.01 Å². The van der Waals surface area contributed by atoms with Crippen molar-refractivity contribution in [3.05, 3.63) is 34.7 Å². The zero-order valence-corrected chi connectivity index (χ0v) is 24.4. The standard InChI is InChI=1S/C29H28ClF2N7O2S/c1-14-20(5-7-35-14)41-27-18-11-36-23(16-3-4-19(32)25-21(16)17(10-33)26(34)42-25)22(30)24(18)37-28(38-27)40-13-29-6-2-8-39(29)12-15(31)9-29/h3-4,11,14-15,20,35H,2,5-9,12-13,34H2,1H3/t14-,15-,20-,29+/m1/s1. The van der Waals surface area contributed by atoms with Gasteiger partial charge in [0.25, 0.3) is 0 Å². The molecule has 13 heteroatoms. The van der Waals surface area contributed by atoms with E-state index < -0.39 is 12.0 Å². The molecule has 3 saturated heterocycles. The van der Waals surface area contributed by atoms with E-state index in [1.807, 2.05) is 6.92 Å². The Kier molecular flexibility index (Phi) is 6.81. The number of nitrogens with zero attached hydrogens (tertiary/aromatic N) is 5. The maximum absolute atomic E-state index is 14.7. The number of benzene rings is 1. The maximum atomic E-state index is 14.7. The molecule has 3 aliphatic rings. The van der Waals surface area contributed by atoms with Gasteiger partial charge in [0.15, 0.2) is 0 Å². The molecule has 42 heavy (non-hydrogen) atoms. The summed E-state index contributed by atoms with van der Waals surface area (Å²) >= 11 is 8.01. The number of hydrogen-bond acceptors (Lipinski definition) is 10. The number of thiophene rings is 1. The SMILES string of the molecule is C[C@H]1NCC[C@H]1Oc1nc(OC[C@@]23CCCN2C[C@H](F)C3)nc2c(Cl)c(-c3ccc(F)c4sc(N)c(C#N)c34)ncc12. The molecule has 0 aliphatic carbocycles. The highest BCUT2D eigenvalue weighted by molar-refractivity contribution is 7.23. The minimum absolute atomic E-state index is 0.0698. The first-order valence-corrected chi connectivity index (χ1v) is 15.2. The fourth-order valence-corrected chi connectivity index (χ4v) is 7.88. The Morgan fingerprint density at radius 3 is 3.00 bits per heavy atom. The lowest BCUT2D eigenvalue weighted by molar-refractivity contribution is 0.106. The van der Waals surface area contributed by atoms with Crippen molar-refractivity contribution in [1.82, 2.24) is 25.2 Å². The number of fused-ring (bicyclic) bond motifs is 3. The Hall–Kier alpha value is -3.37. The molecule has 0 bridgehead atoms. The number of pyridine rings is 1. The van der Waals surface area contributed by atoms with E-state index in [4.69, 9.17) is 26.8 Å². The Bertz CT molecular complexity index is 1760. The predicted molar refractivity (Wildman–Crippen MR) is 157 cm³/mol. The molecule has 218 valence electrons. The fourth-order valence-electron chi connectivity index (χ4n) is 6.64. The fraction of sp³-hybridized carbons (Fsp3) is 0.448. The average Bonchev–Trinajstić information content (AvgIpc) is 3.71. The summed E-state index contributed by atoms with van der Waals surface area (Å²) in [6.45, 7) is 4.35. The predicted octanol–water partition coefficient (Wildman–Crippen LogP) is 5.24. The van der Waals surface area contributed by atoms with E-state index in [1.54, 1.807) is 6.20 Å². The number of anilines is 1. The van der Waals surface area contributed by atoms with Gasteiger partial charge in [-0.3, -0.25) is 9.88 Å². The van der Waals surface area contributed by atoms with Crippen molar-refractivity contribution in [3.63, 3.8) is 0 Å². The third-order valence-electron chi connectivity index (χ3n) is 8.76. The van der Waals surface area contributed by atoms with Gasteiger partial charge in [0.05, 0.1) is 31.9 Å². The van der Waals surface area contributed by atoms with E-state index in [-0.39, 0.29) is 56.5 Å². The van der Waals surface area contributed by atoms with E-state index in [9.17, 15) is 14.0 Å². The van der Waals surface area contributed by atoms with Gasteiger partial charge in [0.1, 0.15) is 41.3 Å². The van der Waals surface area contributed by atoms with Crippen LogP contribution in [0.15, 0.2) is 18.3 Å². The van der Waals surface area contributed by atoms with Crippen LogP contribution >= 0.6 is 22.9 Å². The number of halogens is 3. The molecule has 1 aromatic carbocycles. The van der Waals surface area contributed by atoms with Gasteiger partial charge in [-0.2, -0.15) is 15.2 Å². The van der Waals surface area contributed by atoms with Gasteiger partial charge < -0.3 is 20.5 Å². The second-order valence-corrected chi connectivity index (χ2v) is 12.7. The molecule has 0 radical (unpaired) electrons. The van der Waals surface area contributed by atoms with Crippen LogP contribution in [-0.2, 0) is 0 Å². The van der Waals surface area contributed by atoms with Crippen LogP contribution in [0.4, 0.5) is 13.8 Å². The molecular formula is C29H28ClF2N7O2S. The van der Waals surface area contributed by atoms with E-state index in [1.165, 1.54) is 12.1 Å². The van der Waals surface area contributed by atoms with Gasteiger partial charge in [-0.15, -0.1) is 11.3 Å². The molecule has 9 nitrogen and oxygen atoms in total. The van der Waals surface area contributed by atoms with Crippen LogP contribution in [0.25, 0.3) is 32.2 Å². The second kappa shape index (κ2) is 10.4. The summed E-state index contributed by atoms with van der Waals surface area (Å²) in [5.74, 6) is -0.201. The molecule has 0 saturated carbocycles.